The summed E-state index contributed by atoms with van der Waals surface area (Å²) < 4.78 is 4.67. The molecule has 1 atom stereocenters. The largest absolute Gasteiger partial charge is 0.469 e. The highest BCUT2D eigenvalue weighted by molar-refractivity contribution is 5.80. The van der Waals surface area contributed by atoms with Gasteiger partial charge in [-0.3, -0.25) is 4.79 Å². The summed E-state index contributed by atoms with van der Waals surface area (Å²) in [6.45, 7) is 0.432. The van der Waals surface area contributed by atoms with E-state index in [-0.39, 0.29) is 11.9 Å². The Morgan fingerprint density at radius 2 is 2.29 bits per heavy atom. The van der Waals surface area contributed by atoms with Gasteiger partial charge in [0.05, 0.1) is 13.5 Å². The quantitative estimate of drug-likeness (QED) is 0.789. The van der Waals surface area contributed by atoms with Crippen molar-refractivity contribution in [3.05, 3.63) is 36.0 Å². The highest BCUT2D eigenvalue weighted by Gasteiger charge is 2.15. The summed E-state index contributed by atoms with van der Waals surface area (Å²) in [6, 6.07) is 8.09. The predicted octanol–water partition coefficient (Wildman–Crippen LogP) is 1.77. The van der Waals surface area contributed by atoms with Gasteiger partial charge in [-0.2, -0.15) is 0 Å². The molecular formula is C13H16N2O2. The second kappa shape index (κ2) is 5.01. The molecule has 0 aliphatic heterocycles. The number of esters is 1. The minimum Gasteiger partial charge on any atom is -0.469 e. The van der Waals surface area contributed by atoms with E-state index in [4.69, 9.17) is 5.73 Å². The molecule has 1 aromatic heterocycles. The molecule has 0 spiro atoms. The zero-order valence-electron chi connectivity index (χ0n) is 9.77. The van der Waals surface area contributed by atoms with Gasteiger partial charge in [0.1, 0.15) is 0 Å². The van der Waals surface area contributed by atoms with Crippen molar-refractivity contribution < 1.29 is 9.53 Å². The van der Waals surface area contributed by atoms with Crippen LogP contribution in [0.5, 0.6) is 0 Å². The molecule has 1 aromatic carbocycles. The van der Waals surface area contributed by atoms with Gasteiger partial charge in [0.25, 0.3) is 0 Å². The Morgan fingerprint density at radius 3 is 3.00 bits per heavy atom. The second-order valence-corrected chi connectivity index (χ2v) is 4.04. The normalized spacial score (nSPS) is 12.6. The molecule has 4 nitrogen and oxygen atoms in total. The molecule has 0 saturated heterocycles. The Hall–Kier alpha value is -1.81. The zero-order chi connectivity index (χ0) is 12.3. The van der Waals surface area contributed by atoms with Gasteiger partial charge in [-0.1, -0.05) is 12.1 Å². The molecule has 0 radical (unpaired) electrons. The minimum absolute atomic E-state index is 0.00940. The molecule has 0 aliphatic carbocycles. The molecule has 90 valence electrons. The van der Waals surface area contributed by atoms with Crippen LogP contribution in [0.1, 0.15) is 17.9 Å². The molecular weight excluding hydrogens is 216 g/mol. The molecule has 0 saturated carbocycles. The first-order chi connectivity index (χ1) is 8.24. The summed E-state index contributed by atoms with van der Waals surface area (Å²) in [5.41, 5.74) is 7.83. The number of carbonyl (C=O) groups is 1. The van der Waals surface area contributed by atoms with Gasteiger partial charge < -0.3 is 15.5 Å². The summed E-state index contributed by atoms with van der Waals surface area (Å²) in [4.78, 5) is 14.4. The van der Waals surface area contributed by atoms with Gasteiger partial charge in [0, 0.05) is 17.6 Å². The summed E-state index contributed by atoms with van der Waals surface area (Å²) >= 11 is 0. The summed E-state index contributed by atoms with van der Waals surface area (Å²) in [6.07, 6.45) is 2.21. The SMILES string of the molecule is COC(=O)CC(CN)c1ccc2cc[nH]c2c1. The summed E-state index contributed by atoms with van der Waals surface area (Å²) in [5, 5.41) is 1.16. The summed E-state index contributed by atoms with van der Waals surface area (Å²) in [5.74, 6) is -0.220. The molecule has 0 amide bonds. The maximum Gasteiger partial charge on any atom is 0.306 e. The number of fused-ring (bicyclic) bond motifs is 1. The van der Waals surface area contributed by atoms with E-state index in [0.29, 0.717) is 13.0 Å². The number of ether oxygens (including phenoxy) is 1. The number of methoxy groups -OCH3 is 1. The van der Waals surface area contributed by atoms with Gasteiger partial charge in [0.15, 0.2) is 0 Å². The predicted molar refractivity (Wildman–Crippen MR) is 66.7 cm³/mol. The van der Waals surface area contributed by atoms with Crippen molar-refractivity contribution in [2.24, 2.45) is 5.73 Å². The molecule has 1 heterocycles. The van der Waals surface area contributed by atoms with Crippen LogP contribution in [0.4, 0.5) is 0 Å². The second-order valence-electron chi connectivity index (χ2n) is 4.04. The van der Waals surface area contributed by atoms with Crippen molar-refractivity contribution in [1.29, 1.82) is 0 Å². The Morgan fingerprint density at radius 1 is 1.47 bits per heavy atom. The zero-order valence-corrected chi connectivity index (χ0v) is 9.77. The molecule has 3 N–H and O–H groups in total. The Labute approximate surface area is 99.8 Å². The molecule has 1 unspecified atom stereocenters. The van der Waals surface area contributed by atoms with Gasteiger partial charge in [-0.05, 0) is 29.6 Å². The van der Waals surface area contributed by atoms with Crippen molar-refractivity contribution >= 4 is 16.9 Å². The van der Waals surface area contributed by atoms with Crippen molar-refractivity contribution in [1.82, 2.24) is 4.98 Å². The topological polar surface area (TPSA) is 68.1 Å². The highest BCUT2D eigenvalue weighted by Crippen LogP contribution is 2.23. The molecule has 17 heavy (non-hydrogen) atoms. The van der Waals surface area contributed by atoms with Gasteiger partial charge in [-0.25, -0.2) is 0 Å². The van der Waals surface area contributed by atoms with Crippen molar-refractivity contribution in [2.75, 3.05) is 13.7 Å². The Bertz CT molecular complexity index is 519. The van der Waals surface area contributed by atoms with Crippen molar-refractivity contribution in [3.63, 3.8) is 0 Å². The number of aromatic nitrogens is 1. The third-order valence-corrected chi connectivity index (χ3v) is 2.98. The number of rotatable bonds is 4. The highest BCUT2D eigenvalue weighted by atomic mass is 16.5. The van der Waals surface area contributed by atoms with Crippen molar-refractivity contribution in [3.8, 4) is 0 Å². The van der Waals surface area contributed by atoms with E-state index in [1.807, 2.05) is 30.5 Å². The number of carbonyl (C=O) groups excluding carboxylic acids is 1. The number of aromatic amines is 1. The first-order valence-electron chi connectivity index (χ1n) is 5.58. The van der Waals surface area contributed by atoms with Crippen LogP contribution in [0.15, 0.2) is 30.5 Å². The van der Waals surface area contributed by atoms with E-state index >= 15 is 0 Å². The number of benzene rings is 1. The van der Waals surface area contributed by atoms with Gasteiger partial charge in [0.2, 0.25) is 0 Å². The van der Waals surface area contributed by atoms with Crippen LogP contribution in [-0.2, 0) is 9.53 Å². The maximum absolute atomic E-state index is 11.3. The van der Waals surface area contributed by atoms with Crippen molar-refractivity contribution in [2.45, 2.75) is 12.3 Å². The summed E-state index contributed by atoms with van der Waals surface area (Å²) in [7, 11) is 1.39. The van der Waals surface area contributed by atoms with Gasteiger partial charge in [-0.15, -0.1) is 0 Å². The van der Waals surface area contributed by atoms with Crippen LogP contribution in [0.2, 0.25) is 0 Å². The lowest BCUT2D eigenvalue weighted by Gasteiger charge is -2.13. The van der Waals surface area contributed by atoms with E-state index in [2.05, 4.69) is 9.72 Å². The minimum atomic E-state index is -0.230. The smallest absolute Gasteiger partial charge is 0.306 e. The van der Waals surface area contributed by atoms with Crippen LogP contribution < -0.4 is 5.73 Å². The monoisotopic (exact) mass is 232 g/mol. The lowest BCUT2D eigenvalue weighted by molar-refractivity contribution is -0.141. The molecule has 4 heteroatoms. The van der Waals surface area contributed by atoms with E-state index in [0.717, 1.165) is 16.5 Å². The standard InChI is InChI=1S/C13H16N2O2/c1-17-13(16)7-11(8-14)10-3-2-9-4-5-15-12(9)6-10/h2-6,11,15H,7-8,14H2,1H3. The van der Waals surface area contributed by atoms with Gasteiger partial charge >= 0.3 is 5.97 Å². The molecule has 0 fully saturated rings. The van der Waals surface area contributed by atoms with Crippen LogP contribution in [-0.4, -0.2) is 24.6 Å². The molecule has 2 rings (SSSR count). The van der Waals surface area contributed by atoms with Crippen LogP contribution in [0.3, 0.4) is 0 Å². The third-order valence-electron chi connectivity index (χ3n) is 2.98. The molecule has 0 bridgehead atoms. The van der Waals surface area contributed by atoms with E-state index in [1.54, 1.807) is 0 Å². The first kappa shape index (κ1) is 11.7. The lowest BCUT2D eigenvalue weighted by atomic mass is 9.95. The average Bonchev–Trinajstić information content (AvgIpc) is 2.82. The Kier molecular flexibility index (Phi) is 3.44. The fraction of sp³-hybridized carbons (Fsp3) is 0.308. The number of nitrogens with one attached hydrogen (secondary N) is 1. The fourth-order valence-corrected chi connectivity index (χ4v) is 1.94. The van der Waals surface area contributed by atoms with E-state index in [9.17, 15) is 4.79 Å². The third kappa shape index (κ3) is 2.47. The molecule has 2 aromatic rings. The number of hydrogen-bond acceptors (Lipinski definition) is 3. The average molecular weight is 232 g/mol. The van der Waals surface area contributed by atoms with Crippen LogP contribution in [0, 0.1) is 0 Å². The Balaban J connectivity index is 2.26. The number of nitrogens with two attached hydrogens (primary N) is 1. The lowest BCUT2D eigenvalue weighted by Crippen LogP contribution is -2.17. The maximum atomic E-state index is 11.3. The van der Waals surface area contributed by atoms with Crippen LogP contribution in [0.25, 0.3) is 10.9 Å². The fourth-order valence-electron chi connectivity index (χ4n) is 1.94. The van der Waals surface area contributed by atoms with Crippen LogP contribution >= 0.6 is 0 Å². The van der Waals surface area contributed by atoms with E-state index < -0.39 is 0 Å². The molecule has 0 aliphatic rings. The van der Waals surface area contributed by atoms with E-state index in [1.165, 1.54) is 7.11 Å². The number of hydrogen-bond donors (Lipinski definition) is 2. The first-order valence-corrected chi connectivity index (χ1v) is 5.58. The number of H-pyrrole nitrogens is 1.